The zero-order chi connectivity index (χ0) is 13.3. The van der Waals surface area contributed by atoms with Gasteiger partial charge in [-0.15, -0.1) is 0 Å². The van der Waals surface area contributed by atoms with Crippen molar-refractivity contribution >= 4 is 21.7 Å². The SMILES string of the molecule is CCCCCCCCC(Br)CC(=O)C(C)(C)C. The van der Waals surface area contributed by atoms with Gasteiger partial charge in [-0.1, -0.05) is 82.1 Å². The van der Waals surface area contributed by atoms with Crippen LogP contribution in [0.15, 0.2) is 0 Å². The van der Waals surface area contributed by atoms with E-state index in [1.807, 2.05) is 20.8 Å². The van der Waals surface area contributed by atoms with Gasteiger partial charge in [0, 0.05) is 16.7 Å². The number of unbranched alkanes of at least 4 members (excludes halogenated alkanes) is 5. The number of carbonyl (C=O) groups excluding carboxylic acids is 1. The maximum atomic E-state index is 11.8. The molecule has 102 valence electrons. The normalized spacial score (nSPS) is 13.7. The van der Waals surface area contributed by atoms with Crippen molar-refractivity contribution in [3.05, 3.63) is 0 Å². The number of hydrogen-bond acceptors (Lipinski definition) is 1. The fourth-order valence-electron chi connectivity index (χ4n) is 1.76. The first-order valence-corrected chi connectivity index (χ1v) is 7.97. The molecule has 0 aromatic heterocycles. The number of alkyl halides is 1. The van der Waals surface area contributed by atoms with Crippen LogP contribution < -0.4 is 0 Å². The molecular formula is C15H29BrO. The quantitative estimate of drug-likeness (QED) is 0.406. The van der Waals surface area contributed by atoms with Gasteiger partial charge in [0.2, 0.25) is 0 Å². The lowest BCUT2D eigenvalue weighted by Gasteiger charge is -2.18. The minimum atomic E-state index is -0.187. The van der Waals surface area contributed by atoms with Crippen LogP contribution in [0.2, 0.25) is 0 Å². The van der Waals surface area contributed by atoms with Crippen LogP contribution in [0.3, 0.4) is 0 Å². The van der Waals surface area contributed by atoms with Crippen LogP contribution in [-0.2, 0) is 4.79 Å². The molecule has 0 saturated heterocycles. The topological polar surface area (TPSA) is 17.1 Å². The highest BCUT2D eigenvalue weighted by atomic mass is 79.9. The second-order valence-corrected chi connectivity index (χ2v) is 7.33. The summed E-state index contributed by atoms with van der Waals surface area (Å²) in [4.78, 5) is 12.2. The molecule has 1 atom stereocenters. The third kappa shape index (κ3) is 9.82. The Bertz CT molecular complexity index is 205. The fourth-order valence-corrected chi connectivity index (χ4v) is 2.37. The summed E-state index contributed by atoms with van der Waals surface area (Å²) in [6.45, 7) is 8.24. The van der Waals surface area contributed by atoms with Gasteiger partial charge in [0.05, 0.1) is 0 Å². The van der Waals surface area contributed by atoms with E-state index < -0.39 is 0 Å². The van der Waals surface area contributed by atoms with Crippen LogP contribution in [0.1, 0.15) is 79.1 Å². The zero-order valence-electron chi connectivity index (χ0n) is 12.0. The van der Waals surface area contributed by atoms with Crippen molar-refractivity contribution in [1.29, 1.82) is 0 Å². The Kier molecular flexibility index (Phi) is 9.21. The van der Waals surface area contributed by atoms with Gasteiger partial charge in [0.1, 0.15) is 5.78 Å². The maximum absolute atomic E-state index is 11.8. The molecule has 0 saturated carbocycles. The predicted molar refractivity (Wildman–Crippen MR) is 79.8 cm³/mol. The van der Waals surface area contributed by atoms with Gasteiger partial charge < -0.3 is 0 Å². The minimum Gasteiger partial charge on any atom is -0.299 e. The highest BCUT2D eigenvalue weighted by molar-refractivity contribution is 9.09. The third-order valence-electron chi connectivity index (χ3n) is 3.11. The highest BCUT2D eigenvalue weighted by Gasteiger charge is 2.23. The second kappa shape index (κ2) is 9.13. The lowest BCUT2D eigenvalue weighted by molar-refractivity contribution is -0.126. The average Bonchev–Trinajstić information content (AvgIpc) is 2.21. The van der Waals surface area contributed by atoms with Crippen molar-refractivity contribution in [2.24, 2.45) is 5.41 Å². The van der Waals surface area contributed by atoms with Crippen molar-refractivity contribution in [3.8, 4) is 0 Å². The first-order chi connectivity index (χ1) is 7.88. The average molecular weight is 305 g/mol. The molecule has 1 unspecified atom stereocenters. The van der Waals surface area contributed by atoms with E-state index >= 15 is 0 Å². The van der Waals surface area contributed by atoms with Crippen molar-refractivity contribution in [3.63, 3.8) is 0 Å². The van der Waals surface area contributed by atoms with Crippen LogP contribution in [0, 0.1) is 5.41 Å². The van der Waals surface area contributed by atoms with Crippen molar-refractivity contribution in [2.75, 3.05) is 0 Å². The second-order valence-electron chi connectivity index (χ2n) is 6.03. The molecule has 0 rings (SSSR count). The standard InChI is InChI=1S/C15H29BrO/c1-5-6-7-8-9-10-11-13(16)12-14(17)15(2,3)4/h13H,5-12H2,1-4H3. The monoisotopic (exact) mass is 304 g/mol. The molecule has 0 fully saturated rings. The number of rotatable bonds is 9. The Labute approximate surface area is 116 Å². The minimum absolute atomic E-state index is 0.187. The Morgan fingerprint density at radius 2 is 1.59 bits per heavy atom. The Hall–Kier alpha value is 0.150. The van der Waals surface area contributed by atoms with Gasteiger partial charge in [0.25, 0.3) is 0 Å². The Morgan fingerprint density at radius 3 is 2.12 bits per heavy atom. The first-order valence-electron chi connectivity index (χ1n) is 7.05. The third-order valence-corrected chi connectivity index (χ3v) is 3.90. The van der Waals surface area contributed by atoms with Crippen molar-refractivity contribution in [2.45, 2.75) is 83.9 Å². The molecule has 0 radical (unpaired) electrons. The van der Waals surface area contributed by atoms with E-state index in [0.29, 0.717) is 17.0 Å². The van der Waals surface area contributed by atoms with Gasteiger partial charge in [-0.05, 0) is 6.42 Å². The fraction of sp³-hybridized carbons (Fsp3) is 0.933. The number of carbonyl (C=O) groups is 1. The molecule has 1 nitrogen and oxygen atoms in total. The molecule has 0 aromatic rings. The van der Waals surface area contributed by atoms with E-state index in [1.54, 1.807) is 0 Å². The summed E-state index contributed by atoms with van der Waals surface area (Å²) < 4.78 is 0. The van der Waals surface area contributed by atoms with Gasteiger partial charge in [0.15, 0.2) is 0 Å². The van der Waals surface area contributed by atoms with Crippen LogP contribution in [-0.4, -0.2) is 10.6 Å². The lowest BCUT2D eigenvalue weighted by atomic mass is 9.87. The summed E-state index contributed by atoms with van der Waals surface area (Å²) in [6.07, 6.45) is 9.75. The molecule has 0 amide bonds. The highest BCUT2D eigenvalue weighted by Crippen LogP contribution is 2.23. The Morgan fingerprint density at radius 1 is 1.06 bits per heavy atom. The molecule has 0 heterocycles. The molecule has 0 bridgehead atoms. The lowest BCUT2D eigenvalue weighted by Crippen LogP contribution is -2.23. The van der Waals surface area contributed by atoms with Crippen LogP contribution >= 0.6 is 15.9 Å². The van der Waals surface area contributed by atoms with Gasteiger partial charge in [-0.3, -0.25) is 4.79 Å². The van der Waals surface area contributed by atoms with Crippen LogP contribution in [0.4, 0.5) is 0 Å². The summed E-state index contributed by atoms with van der Waals surface area (Å²) in [6, 6.07) is 0. The van der Waals surface area contributed by atoms with E-state index in [9.17, 15) is 4.79 Å². The van der Waals surface area contributed by atoms with E-state index in [-0.39, 0.29) is 5.41 Å². The van der Waals surface area contributed by atoms with Crippen LogP contribution in [0.25, 0.3) is 0 Å². The number of ketones is 1. The van der Waals surface area contributed by atoms with E-state index in [4.69, 9.17) is 0 Å². The summed E-state index contributed by atoms with van der Waals surface area (Å²) in [5, 5.41) is 0. The molecule has 0 spiro atoms. The summed E-state index contributed by atoms with van der Waals surface area (Å²) in [5.41, 5.74) is -0.187. The van der Waals surface area contributed by atoms with E-state index in [1.165, 1.54) is 38.5 Å². The van der Waals surface area contributed by atoms with Crippen LogP contribution in [0.5, 0.6) is 0 Å². The molecule has 0 aromatic carbocycles. The number of halogens is 1. The molecule has 0 aliphatic heterocycles. The largest absolute Gasteiger partial charge is 0.299 e. The molecular weight excluding hydrogens is 276 g/mol. The van der Waals surface area contributed by atoms with Gasteiger partial charge in [-0.2, -0.15) is 0 Å². The van der Waals surface area contributed by atoms with Gasteiger partial charge in [-0.25, -0.2) is 0 Å². The number of hydrogen-bond donors (Lipinski definition) is 0. The predicted octanol–water partition coefficient (Wildman–Crippen LogP) is 5.51. The molecule has 17 heavy (non-hydrogen) atoms. The first kappa shape index (κ1) is 17.2. The maximum Gasteiger partial charge on any atom is 0.139 e. The van der Waals surface area contributed by atoms with Crippen molar-refractivity contribution < 1.29 is 4.79 Å². The van der Waals surface area contributed by atoms with E-state index in [2.05, 4.69) is 22.9 Å². The molecule has 0 N–H and O–H groups in total. The molecule has 0 aliphatic rings. The summed E-state index contributed by atoms with van der Waals surface area (Å²) in [5.74, 6) is 0.366. The molecule has 2 heteroatoms. The van der Waals surface area contributed by atoms with Gasteiger partial charge >= 0.3 is 0 Å². The summed E-state index contributed by atoms with van der Waals surface area (Å²) in [7, 11) is 0. The van der Waals surface area contributed by atoms with E-state index in [0.717, 1.165) is 6.42 Å². The summed E-state index contributed by atoms with van der Waals surface area (Å²) >= 11 is 3.63. The smallest absolute Gasteiger partial charge is 0.139 e. The Balaban J connectivity index is 3.53. The molecule has 0 aliphatic carbocycles. The van der Waals surface area contributed by atoms with Crippen molar-refractivity contribution in [1.82, 2.24) is 0 Å². The number of Topliss-reactive ketones (excluding diaryl/α,β-unsaturated/α-hetero) is 1. The zero-order valence-corrected chi connectivity index (χ0v) is 13.6.